The number of fused-ring (bicyclic) bond motifs is 1. The van der Waals surface area contributed by atoms with Crippen LogP contribution >= 0.6 is 0 Å². The maximum absolute atomic E-state index is 9.08. The minimum absolute atomic E-state index is 0.222. The number of ether oxygens (including phenoxy) is 1. The van der Waals surface area contributed by atoms with Gasteiger partial charge < -0.3 is 19.1 Å². The van der Waals surface area contributed by atoms with Gasteiger partial charge in [-0.2, -0.15) is 0 Å². The predicted molar refractivity (Wildman–Crippen MR) is 86.9 cm³/mol. The Labute approximate surface area is 135 Å². The van der Waals surface area contributed by atoms with Crippen LogP contribution in [0, 0.1) is 0 Å². The Balaban J connectivity index is 1.62. The maximum atomic E-state index is 9.08. The van der Waals surface area contributed by atoms with Gasteiger partial charge in [-0.3, -0.25) is 4.90 Å². The molecule has 23 heavy (non-hydrogen) atoms. The molecule has 2 aliphatic rings. The lowest BCUT2D eigenvalue weighted by atomic mass is 10.1. The van der Waals surface area contributed by atoms with Gasteiger partial charge in [0, 0.05) is 63.8 Å². The first-order chi connectivity index (χ1) is 11.3. The van der Waals surface area contributed by atoms with Crippen molar-refractivity contribution in [2.24, 2.45) is 0 Å². The quantitative estimate of drug-likeness (QED) is 0.878. The molecule has 1 atom stereocenters. The zero-order valence-electron chi connectivity index (χ0n) is 13.3. The lowest BCUT2D eigenvalue weighted by molar-refractivity contribution is 0.188. The van der Waals surface area contributed by atoms with Gasteiger partial charge in [0.05, 0.1) is 18.9 Å². The molecule has 124 valence electrons. The third kappa shape index (κ3) is 2.91. The Morgan fingerprint density at radius 3 is 2.87 bits per heavy atom. The third-order valence-corrected chi connectivity index (χ3v) is 4.81. The number of nitrogens with zero attached hydrogens (tertiary/aromatic N) is 5. The number of rotatable bonds is 4. The van der Waals surface area contributed by atoms with E-state index in [9.17, 15) is 0 Å². The fourth-order valence-corrected chi connectivity index (χ4v) is 3.44. The van der Waals surface area contributed by atoms with Gasteiger partial charge in [0.1, 0.15) is 0 Å². The van der Waals surface area contributed by atoms with E-state index >= 15 is 0 Å². The van der Waals surface area contributed by atoms with Crippen LogP contribution in [0.15, 0.2) is 18.6 Å². The first-order valence-corrected chi connectivity index (χ1v) is 8.34. The molecule has 2 aliphatic heterocycles. The van der Waals surface area contributed by atoms with Crippen LogP contribution in [0.2, 0.25) is 0 Å². The van der Waals surface area contributed by atoms with Crippen LogP contribution in [0.25, 0.3) is 5.65 Å². The third-order valence-electron chi connectivity index (χ3n) is 4.81. The van der Waals surface area contributed by atoms with Crippen molar-refractivity contribution < 1.29 is 9.84 Å². The van der Waals surface area contributed by atoms with E-state index in [4.69, 9.17) is 14.8 Å². The van der Waals surface area contributed by atoms with Crippen molar-refractivity contribution in [2.45, 2.75) is 12.3 Å². The topological polar surface area (TPSA) is 66.1 Å². The zero-order chi connectivity index (χ0) is 15.6. The molecule has 2 fully saturated rings. The molecule has 0 aromatic carbocycles. The SMILES string of the molecule is OCCN1CCN(c2nc(C3CCOC3)cn3ccnc23)CC1. The Kier molecular flexibility index (Phi) is 4.15. The number of hydrogen-bond donors (Lipinski definition) is 1. The maximum Gasteiger partial charge on any atom is 0.180 e. The largest absolute Gasteiger partial charge is 0.395 e. The molecule has 7 nitrogen and oxygen atoms in total. The second-order valence-corrected chi connectivity index (χ2v) is 6.26. The molecular weight excluding hydrogens is 294 g/mol. The lowest BCUT2D eigenvalue weighted by Crippen LogP contribution is -2.47. The summed E-state index contributed by atoms with van der Waals surface area (Å²) in [4.78, 5) is 14.0. The molecule has 4 rings (SSSR count). The monoisotopic (exact) mass is 317 g/mol. The van der Waals surface area contributed by atoms with Crippen molar-refractivity contribution in [1.82, 2.24) is 19.3 Å². The van der Waals surface area contributed by atoms with E-state index in [0.29, 0.717) is 5.92 Å². The standard InChI is InChI=1S/C16H23N5O2/c22-9-8-19-4-6-20(7-5-19)16-15-17-2-3-21(15)11-14(18-16)13-1-10-23-12-13/h2-3,11,13,22H,1,4-10,12H2. The first-order valence-electron chi connectivity index (χ1n) is 8.34. The highest BCUT2D eigenvalue weighted by atomic mass is 16.5. The van der Waals surface area contributed by atoms with E-state index in [0.717, 1.165) is 69.5 Å². The second-order valence-electron chi connectivity index (χ2n) is 6.26. The normalized spacial score (nSPS) is 23.0. The summed E-state index contributed by atoms with van der Waals surface area (Å²) in [5.74, 6) is 1.36. The summed E-state index contributed by atoms with van der Waals surface area (Å²) in [6.45, 7) is 6.29. The molecule has 0 spiro atoms. The summed E-state index contributed by atoms with van der Waals surface area (Å²) in [7, 11) is 0. The van der Waals surface area contributed by atoms with Crippen LogP contribution in [0.3, 0.4) is 0 Å². The highest BCUT2D eigenvalue weighted by Crippen LogP contribution is 2.27. The summed E-state index contributed by atoms with van der Waals surface area (Å²) in [6, 6.07) is 0. The van der Waals surface area contributed by atoms with E-state index in [-0.39, 0.29) is 6.61 Å². The smallest absolute Gasteiger partial charge is 0.180 e. The van der Waals surface area contributed by atoms with Gasteiger partial charge in [0.15, 0.2) is 11.5 Å². The summed E-state index contributed by atoms with van der Waals surface area (Å²) in [5, 5.41) is 9.08. The minimum atomic E-state index is 0.222. The molecule has 0 bridgehead atoms. The fourth-order valence-electron chi connectivity index (χ4n) is 3.44. The van der Waals surface area contributed by atoms with Gasteiger partial charge in [-0.15, -0.1) is 0 Å². The average Bonchev–Trinajstić information content (AvgIpc) is 3.26. The molecule has 2 aromatic heterocycles. The van der Waals surface area contributed by atoms with E-state index in [1.807, 2.05) is 12.4 Å². The Morgan fingerprint density at radius 2 is 2.13 bits per heavy atom. The highest BCUT2D eigenvalue weighted by Gasteiger charge is 2.24. The fraction of sp³-hybridized carbons (Fsp3) is 0.625. The summed E-state index contributed by atoms with van der Waals surface area (Å²) in [6.07, 6.45) is 6.95. The summed E-state index contributed by atoms with van der Waals surface area (Å²) in [5.41, 5.74) is 2.02. The van der Waals surface area contributed by atoms with Crippen LogP contribution in [-0.2, 0) is 4.74 Å². The van der Waals surface area contributed by atoms with Crippen molar-refractivity contribution in [3.05, 3.63) is 24.3 Å². The van der Waals surface area contributed by atoms with E-state index < -0.39 is 0 Å². The van der Waals surface area contributed by atoms with Gasteiger partial charge >= 0.3 is 0 Å². The summed E-state index contributed by atoms with van der Waals surface area (Å²) < 4.78 is 7.60. The van der Waals surface area contributed by atoms with E-state index in [1.54, 1.807) is 0 Å². The summed E-state index contributed by atoms with van der Waals surface area (Å²) >= 11 is 0. The van der Waals surface area contributed by atoms with Crippen molar-refractivity contribution in [1.29, 1.82) is 0 Å². The average molecular weight is 317 g/mol. The Bertz CT molecular complexity index is 660. The van der Waals surface area contributed by atoms with Gasteiger partial charge in [-0.1, -0.05) is 0 Å². The number of piperazine rings is 1. The molecule has 4 heterocycles. The molecule has 2 aromatic rings. The second kappa shape index (κ2) is 6.43. The molecule has 0 radical (unpaired) electrons. The highest BCUT2D eigenvalue weighted by molar-refractivity contribution is 5.64. The van der Waals surface area contributed by atoms with Crippen molar-refractivity contribution in [2.75, 3.05) is 57.4 Å². The van der Waals surface area contributed by atoms with Crippen molar-refractivity contribution >= 4 is 11.5 Å². The molecule has 7 heteroatoms. The number of hydrogen-bond acceptors (Lipinski definition) is 6. The molecular formula is C16H23N5O2. The first kappa shape index (κ1) is 14.9. The Hall–Kier alpha value is -1.70. The molecule has 0 amide bonds. The molecule has 0 aliphatic carbocycles. The zero-order valence-corrected chi connectivity index (χ0v) is 13.3. The molecule has 2 saturated heterocycles. The van der Waals surface area contributed by atoms with Crippen molar-refractivity contribution in [3.8, 4) is 0 Å². The van der Waals surface area contributed by atoms with Gasteiger partial charge in [-0.25, -0.2) is 9.97 Å². The van der Waals surface area contributed by atoms with Gasteiger partial charge in [-0.05, 0) is 6.42 Å². The number of aliphatic hydroxyl groups excluding tert-OH is 1. The molecule has 0 saturated carbocycles. The van der Waals surface area contributed by atoms with E-state index in [1.165, 1.54) is 0 Å². The lowest BCUT2D eigenvalue weighted by Gasteiger charge is -2.35. The number of imidazole rings is 1. The minimum Gasteiger partial charge on any atom is -0.395 e. The number of aliphatic hydroxyl groups is 1. The Morgan fingerprint density at radius 1 is 1.26 bits per heavy atom. The number of β-amino-alcohol motifs (C(OH)–C–C–N with tert-alkyl or cyclic N) is 1. The number of aromatic nitrogens is 3. The van der Waals surface area contributed by atoms with Gasteiger partial charge in [0.25, 0.3) is 0 Å². The molecule has 1 unspecified atom stereocenters. The van der Waals surface area contributed by atoms with Crippen LogP contribution in [0.1, 0.15) is 18.0 Å². The predicted octanol–water partition coefficient (Wildman–Crippen LogP) is 0.347. The molecule has 1 N–H and O–H groups in total. The number of anilines is 1. The van der Waals surface area contributed by atoms with Gasteiger partial charge in [0.2, 0.25) is 0 Å². The van der Waals surface area contributed by atoms with Crippen LogP contribution < -0.4 is 4.90 Å². The van der Waals surface area contributed by atoms with Crippen LogP contribution in [0.5, 0.6) is 0 Å². The van der Waals surface area contributed by atoms with Crippen LogP contribution in [-0.4, -0.2) is 76.9 Å². The van der Waals surface area contributed by atoms with E-state index in [2.05, 4.69) is 25.4 Å². The van der Waals surface area contributed by atoms with Crippen LogP contribution in [0.4, 0.5) is 5.82 Å². The van der Waals surface area contributed by atoms with Crippen molar-refractivity contribution in [3.63, 3.8) is 0 Å².